The molecule has 2 rings (SSSR count). The molecule has 4 nitrogen and oxygen atoms in total. The standard InChI is InChI=1S/C17H23NO3/c1-3-5-6-8-21-17-10-12-9-13(15(19)7-4-2)16(20)11-14(12)18-17/h9-11,18,20H,3-8H2,1-2H3. The summed E-state index contributed by atoms with van der Waals surface area (Å²) in [5.74, 6) is 0.685. The highest BCUT2D eigenvalue weighted by Gasteiger charge is 2.13. The van der Waals surface area contributed by atoms with Crippen molar-refractivity contribution < 1.29 is 14.6 Å². The van der Waals surface area contributed by atoms with Crippen LogP contribution in [0.2, 0.25) is 0 Å². The van der Waals surface area contributed by atoms with Crippen molar-refractivity contribution in [3.63, 3.8) is 0 Å². The molecule has 21 heavy (non-hydrogen) atoms. The Kier molecular flexibility index (Phi) is 5.26. The minimum absolute atomic E-state index is 0.0245. The molecule has 1 heterocycles. The molecule has 0 saturated heterocycles. The number of carbonyl (C=O) groups is 1. The number of ketones is 1. The van der Waals surface area contributed by atoms with Gasteiger partial charge in [-0.3, -0.25) is 4.79 Å². The van der Waals surface area contributed by atoms with Gasteiger partial charge in [0.15, 0.2) is 11.7 Å². The zero-order chi connectivity index (χ0) is 15.2. The van der Waals surface area contributed by atoms with Crippen LogP contribution in [0.15, 0.2) is 18.2 Å². The fourth-order valence-electron chi connectivity index (χ4n) is 2.34. The molecular formula is C17H23NO3. The molecule has 0 aliphatic rings. The van der Waals surface area contributed by atoms with Crippen LogP contribution in [-0.4, -0.2) is 22.5 Å². The molecule has 114 valence electrons. The minimum Gasteiger partial charge on any atom is -0.507 e. The first-order valence-corrected chi connectivity index (χ1v) is 7.67. The summed E-state index contributed by atoms with van der Waals surface area (Å²) in [4.78, 5) is 15.1. The highest BCUT2D eigenvalue weighted by molar-refractivity contribution is 6.02. The van der Waals surface area contributed by atoms with Crippen LogP contribution in [0.3, 0.4) is 0 Å². The quantitative estimate of drug-likeness (QED) is 0.558. The number of phenolic OH excluding ortho intramolecular Hbond substituents is 1. The van der Waals surface area contributed by atoms with Crippen molar-refractivity contribution in [2.45, 2.75) is 46.0 Å². The first-order chi connectivity index (χ1) is 10.2. The lowest BCUT2D eigenvalue weighted by atomic mass is 10.0. The van der Waals surface area contributed by atoms with Crippen molar-refractivity contribution in [2.24, 2.45) is 0 Å². The van der Waals surface area contributed by atoms with E-state index in [0.717, 1.165) is 36.6 Å². The van der Waals surface area contributed by atoms with Crippen LogP contribution >= 0.6 is 0 Å². The molecule has 0 bridgehead atoms. The number of aromatic hydroxyl groups is 1. The van der Waals surface area contributed by atoms with Gasteiger partial charge in [0.05, 0.1) is 17.7 Å². The molecule has 2 N–H and O–H groups in total. The monoisotopic (exact) mass is 289 g/mol. The van der Waals surface area contributed by atoms with Gasteiger partial charge in [-0.2, -0.15) is 0 Å². The van der Waals surface area contributed by atoms with Crippen LogP contribution in [0.25, 0.3) is 10.9 Å². The van der Waals surface area contributed by atoms with Gasteiger partial charge in [0.2, 0.25) is 0 Å². The lowest BCUT2D eigenvalue weighted by Crippen LogP contribution is -1.98. The predicted octanol–water partition coefficient (Wildman–Crippen LogP) is 4.43. The van der Waals surface area contributed by atoms with Gasteiger partial charge >= 0.3 is 0 Å². The van der Waals surface area contributed by atoms with Crippen LogP contribution in [0.5, 0.6) is 11.6 Å². The number of aromatic amines is 1. The number of aromatic nitrogens is 1. The number of fused-ring (bicyclic) bond motifs is 1. The van der Waals surface area contributed by atoms with E-state index in [4.69, 9.17) is 4.74 Å². The second-order valence-corrected chi connectivity index (χ2v) is 5.32. The van der Waals surface area contributed by atoms with E-state index in [1.54, 1.807) is 12.1 Å². The summed E-state index contributed by atoms with van der Waals surface area (Å²) < 4.78 is 5.66. The van der Waals surface area contributed by atoms with Gasteiger partial charge in [-0.05, 0) is 18.9 Å². The number of Topliss-reactive ketones (excluding diaryl/α,β-unsaturated/α-hetero) is 1. The number of H-pyrrole nitrogens is 1. The first-order valence-electron chi connectivity index (χ1n) is 7.67. The Balaban J connectivity index is 2.17. The number of unbranched alkanes of at least 4 members (excludes halogenated alkanes) is 2. The van der Waals surface area contributed by atoms with Gasteiger partial charge in [-0.1, -0.05) is 26.7 Å². The smallest absolute Gasteiger partial charge is 0.191 e. The maximum atomic E-state index is 12.0. The second-order valence-electron chi connectivity index (χ2n) is 5.32. The van der Waals surface area contributed by atoms with Crippen molar-refractivity contribution in [3.8, 4) is 11.6 Å². The largest absolute Gasteiger partial charge is 0.507 e. The van der Waals surface area contributed by atoms with E-state index < -0.39 is 0 Å². The van der Waals surface area contributed by atoms with Crippen LogP contribution in [0.4, 0.5) is 0 Å². The normalized spacial score (nSPS) is 11.0. The SMILES string of the molecule is CCCCCOc1cc2cc(C(=O)CCC)c(O)cc2[nH]1. The maximum Gasteiger partial charge on any atom is 0.191 e. The Bertz CT molecular complexity index is 616. The topological polar surface area (TPSA) is 62.3 Å². The zero-order valence-electron chi connectivity index (χ0n) is 12.7. The lowest BCUT2D eigenvalue weighted by molar-refractivity contribution is 0.0979. The third-order valence-corrected chi connectivity index (χ3v) is 3.50. The summed E-state index contributed by atoms with van der Waals surface area (Å²) in [6.07, 6.45) is 4.56. The van der Waals surface area contributed by atoms with Crippen LogP contribution in [-0.2, 0) is 0 Å². The van der Waals surface area contributed by atoms with Crippen LogP contribution in [0, 0.1) is 0 Å². The van der Waals surface area contributed by atoms with Crippen molar-refractivity contribution in [2.75, 3.05) is 6.61 Å². The number of phenols is 1. The van der Waals surface area contributed by atoms with E-state index in [0.29, 0.717) is 24.5 Å². The molecule has 0 radical (unpaired) electrons. The zero-order valence-corrected chi connectivity index (χ0v) is 12.7. The fraction of sp³-hybridized carbons (Fsp3) is 0.471. The number of hydrogen-bond donors (Lipinski definition) is 2. The molecule has 0 fully saturated rings. The maximum absolute atomic E-state index is 12.0. The second kappa shape index (κ2) is 7.16. The van der Waals surface area contributed by atoms with Crippen LogP contribution in [0.1, 0.15) is 56.3 Å². The molecule has 0 amide bonds. The Labute approximate surface area is 125 Å². The number of benzene rings is 1. The van der Waals surface area contributed by atoms with E-state index in [1.165, 1.54) is 0 Å². The third kappa shape index (κ3) is 3.78. The Morgan fingerprint density at radius 3 is 2.71 bits per heavy atom. The molecule has 0 atom stereocenters. The van der Waals surface area contributed by atoms with Gasteiger partial charge in [0.25, 0.3) is 0 Å². The molecular weight excluding hydrogens is 266 g/mol. The van der Waals surface area contributed by atoms with Gasteiger partial charge in [-0.15, -0.1) is 0 Å². The van der Waals surface area contributed by atoms with Gasteiger partial charge in [-0.25, -0.2) is 0 Å². The van der Waals surface area contributed by atoms with Crippen LogP contribution < -0.4 is 4.74 Å². The Morgan fingerprint density at radius 1 is 1.19 bits per heavy atom. The average Bonchev–Trinajstić information content (AvgIpc) is 2.84. The molecule has 0 unspecified atom stereocenters. The van der Waals surface area contributed by atoms with E-state index in [-0.39, 0.29) is 11.5 Å². The highest BCUT2D eigenvalue weighted by Crippen LogP contribution is 2.29. The number of ether oxygens (including phenoxy) is 1. The first kappa shape index (κ1) is 15.4. The third-order valence-electron chi connectivity index (χ3n) is 3.50. The molecule has 4 heteroatoms. The highest BCUT2D eigenvalue weighted by atomic mass is 16.5. The summed E-state index contributed by atoms with van der Waals surface area (Å²) in [5.41, 5.74) is 1.17. The van der Waals surface area contributed by atoms with E-state index >= 15 is 0 Å². The molecule has 2 aromatic rings. The molecule has 1 aromatic carbocycles. The van der Waals surface area contributed by atoms with Crippen molar-refractivity contribution in [3.05, 3.63) is 23.8 Å². The number of rotatable bonds is 8. The molecule has 0 aliphatic heterocycles. The average molecular weight is 289 g/mol. The van der Waals surface area contributed by atoms with E-state index in [9.17, 15) is 9.90 Å². The molecule has 1 aromatic heterocycles. The predicted molar refractivity (Wildman–Crippen MR) is 84.2 cm³/mol. The van der Waals surface area contributed by atoms with Gasteiger partial charge in [0, 0.05) is 23.9 Å². The number of carbonyl (C=O) groups excluding carboxylic acids is 1. The molecule has 0 saturated carbocycles. The molecule has 0 aliphatic carbocycles. The molecule has 0 spiro atoms. The van der Waals surface area contributed by atoms with Crippen molar-refractivity contribution in [1.29, 1.82) is 0 Å². The Morgan fingerprint density at radius 2 is 2.00 bits per heavy atom. The van der Waals surface area contributed by atoms with Gasteiger partial charge < -0.3 is 14.8 Å². The van der Waals surface area contributed by atoms with Gasteiger partial charge in [0.1, 0.15) is 5.75 Å². The fourth-order valence-corrected chi connectivity index (χ4v) is 2.34. The number of hydrogen-bond acceptors (Lipinski definition) is 3. The summed E-state index contributed by atoms with van der Waals surface area (Å²) in [6, 6.07) is 5.21. The van der Waals surface area contributed by atoms with Crippen molar-refractivity contribution >= 4 is 16.7 Å². The number of nitrogens with one attached hydrogen (secondary N) is 1. The minimum atomic E-state index is -0.0245. The van der Waals surface area contributed by atoms with Crippen molar-refractivity contribution in [1.82, 2.24) is 4.98 Å². The van der Waals surface area contributed by atoms with E-state index in [2.05, 4.69) is 11.9 Å². The summed E-state index contributed by atoms with van der Waals surface area (Å²) in [7, 11) is 0. The Hall–Kier alpha value is -1.97. The summed E-state index contributed by atoms with van der Waals surface area (Å²) >= 11 is 0. The summed E-state index contributed by atoms with van der Waals surface area (Å²) in [6.45, 7) is 4.78. The van der Waals surface area contributed by atoms with E-state index in [1.807, 2.05) is 13.0 Å². The lowest BCUT2D eigenvalue weighted by Gasteiger charge is -2.03. The summed E-state index contributed by atoms with van der Waals surface area (Å²) in [5, 5.41) is 10.9.